The number of rotatable bonds is 7. The second-order valence-corrected chi connectivity index (χ2v) is 6.83. The zero-order valence-corrected chi connectivity index (χ0v) is 16.7. The van der Waals surface area contributed by atoms with Crippen LogP contribution in [0.5, 0.6) is 11.5 Å². The number of piperazine rings is 1. The monoisotopic (exact) mass is 383 g/mol. The van der Waals surface area contributed by atoms with E-state index in [-0.39, 0.29) is 6.03 Å². The summed E-state index contributed by atoms with van der Waals surface area (Å²) in [7, 11) is 1.67. The number of nitrogens with zero attached hydrogens (tertiary/aromatic N) is 2. The standard InChI is InChI=1S/C22H29N3O3/c1-3-15-28-21-6-4-5-18(16-21)17-23-22(26)25-13-11-24(12-14-25)19-7-9-20(27-2)10-8-19/h4-10,16H,3,11-15,17H2,1-2H3,(H,23,26). The van der Waals surface area contributed by atoms with Crippen molar-refractivity contribution in [3.63, 3.8) is 0 Å². The van der Waals surface area contributed by atoms with Crippen molar-refractivity contribution in [2.75, 3.05) is 44.8 Å². The predicted molar refractivity (Wildman–Crippen MR) is 111 cm³/mol. The molecule has 1 N–H and O–H groups in total. The van der Waals surface area contributed by atoms with E-state index in [1.165, 1.54) is 0 Å². The van der Waals surface area contributed by atoms with Gasteiger partial charge in [-0.05, 0) is 48.4 Å². The highest BCUT2D eigenvalue weighted by atomic mass is 16.5. The lowest BCUT2D eigenvalue weighted by molar-refractivity contribution is 0.194. The van der Waals surface area contributed by atoms with Crippen molar-refractivity contribution in [1.82, 2.24) is 10.2 Å². The van der Waals surface area contributed by atoms with Crippen LogP contribution in [0.2, 0.25) is 0 Å². The summed E-state index contributed by atoms with van der Waals surface area (Å²) in [5.41, 5.74) is 2.20. The summed E-state index contributed by atoms with van der Waals surface area (Å²) in [6.07, 6.45) is 0.976. The molecule has 28 heavy (non-hydrogen) atoms. The number of benzene rings is 2. The van der Waals surface area contributed by atoms with E-state index in [9.17, 15) is 4.79 Å². The number of ether oxygens (including phenoxy) is 2. The summed E-state index contributed by atoms with van der Waals surface area (Å²) in [6, 6.07) is 15.9. The first-order valence-electron chi connectivity index (χ1n) is 9.83. The smallest absolute Gasteiger partial charge is 0.317 e. The molecule has 3 rings (SSSR count). The summed E-state index contributed by atoms with van der Waals surface area (Å²) in [5.74, 6) is 1.70. The molecular formula is C22H29N3O3. The van der Waals surface area contributed by atoms with Crippen LogP contribution in [0.3, 0.4) is 0 Å². The number of hydrogen-bond acceptors (Lipinski definition) is 4. The Hall–Kier alpha value is -2.89. The molecule has 1 saturated heterocycles. The van der Waals surface area contributed by atoms with Crippen molar-refractivity contribution < 1.29 is 14.3 Å². The molecule has 6 heteroatoms. The van der Waals surface area contributed by atoms with Crippen LogP contribution in [0, 0.1) is 0 Å². The number of amides is 2. The fourth-order valence-corrected chi connectivity index (χ4v) is 3.22. The van der Waals surface area contributed by atoms with Crippen LogP contribution in [0.15, 0.2) is 48.5 Å². The van der Waals surface area contributed by atoms with Crippen LogP contribution in [0.1, 0.15) is 18.9 Å². The molecule has 1 aliphatic rings. The third kappa shape index (κ3) is 5.31. The van der Waals surface area contributed by atoms with Crippen LogP contribution >= 0.6 is 0 Å². The molecule has 0 saturated carbocycles. The second-order valence-electron chi connectivity index (χ2n) is 6.83. The Kier molecular flexibility index (Phi) is 7.00. The van der Waals surface area contributed by atoms with Gasteiger partial charge in [0.2, 0.25) is 0 Å². The topological polar surface area (TPSA) is 54.0 Å². The minimum Gasteiger partial charge on any atom is -0.497 e. The second kappa shape index (κ2) is 9.88. The molecule has 2 aromatic rings. The average molecular weight is 383 g/mol. The number of nitrogens with one attached hydrogen (secondary N) is 1. The highest BCUT2D eigenvalue weighted by molar-refractivity contribution is 5.74. The number of anilines is 1. The zero-order valence-electron chi connectivity index (χ0n) is 16.7. The number of methoxy groups -OCH3 is 1. The van der Waals surface area contributed by atoms with Gasteiger partial charge < -0.3 is 24.6 Å². The Bertz CT molecular complexity index is 756. The molecule has 0 radical (unpaired) electrons. The van der Waals surface area contributed by atoms with Gasteiger partial charge in [-0.1, -0.05) is 19.1 Å². The molecule has 0 unspecified atom stereocenters. The lowest BCUT2D eigenvalue weighted by Crippen LogP contribution is -2.51. The fourth-order valence-electron chi connectivity index (χ4n) is 3.22. The van der Waals surface area contributed by atoms with Gasteiger partial charge in [0.15, 0.2) is 0 Å². The number of hydrogen-bond donors (Lipinski definition) is 1. The molecule has 0 spiro atoms. The van der Waals surface area contributed by atoms with E-state index in [1.54, 1.807) is 7.11 Å². The molecule has 6 nitrogen and oxygen atoms in total. The number of carbonyl (C=O) groups excluding carboxylic acids is 1. The van der Waals surface area contributed by atoms with Crippen molar-refractivity contribution in [2.24, 2.45) is 0 Å². The molecule has 1 aliphatic heterocycles. The Morgan fingerprint density at radius 1 is 1.04 bits per heavy atom. The van der Waals surface area contributed by atoms with E-state index in [0.717, 1.165) is 42.3 Å². The molecule has 1 fully saturated rings. The maximum Gasteiger partial charge on any atom is 0.317 e. The van der Waals surface area contributed by atoms with Crippen molar-refractivity contribution >= 4 is 11.7 Å². The molecule has 150 valence electrons. The minimum absolute atomic E-state index is 0.0192. The summed E-state index contributed by atoms with van der Waals surface area (Å²) in [5, 5.41) is 3.02. The van der Waals surface area contributed by atoms with Gasteiger partial charge in [0.1, 0.15) is 11.5 Å². The van der Waals surface area contributed by atoms with E-state index in [1.807, 2.05) is 41.3 Å². The summed E-state index contributed by atoms with van der Waals surface area (Å²) in [4.78, 5) is 16.7. The quantitative estimate of drug-likeness (QED) is 0.795. The summed E-state index contributed by atoms with van der Waals surface area (Å²) < 4.78 is 10.9. The van der Waals surface area contributed by atoms with E-state index >= 15 is 0 Å². The maximum absolute atomic E-state index is 12.5. The van der Waals surface area contributed by atoms with Gasteiger partial charge in [-0.15, -0.1) is 0 Å². The van der Waals surface area contributed by atoms with E-state index < -0.39 is 0 Å². The Balaban J connectivity index is 1.46. The lowest BCUT2D eigenvalue weighted by Gasteiger charge is -2.36. The molecule has 1 heterocycles. The molecule has 0 atom stereocenters. The summed E-state index contributed by atoms with van der Waals surface area (Å²) >= 11 is 0. The number of carbonyl (C=O) groups is 1. The maximum atomic E-state index is 12.5. The van der Waals surface area contributed by atoms with Crippen LogP contribution in [-0.4, -0.2) is 50.8 Å². The first-order valence-corrected chi connectivity index (χ1v) is 9.83. The molecule has 0 aliphatic carbocycles. The SMILES string of the molecule is CCCOc1cccc(CNC(=O)N2CCN(c3ccc(OC)cc3)CC2)c1. The third-order valence-electron chi connectivity index (χ3n) is 4.82. The van der Waals surface area contributed by atoms with Gasteiger partial charge in [-0.2, -0.15) is 0 Å². The molecular weight excluding hydrogens is 354 g/mol. The largest absolute Gasteiger partial charge is 0.497 e. The van der Waals surface area contributed by atoms with Gasteiger partial charge in [-0.3, -0.25) is 0 Å². The van der Waals surface area contributed by atoms with Gasteiger partial charge in [-0.25, -0.2) is 4.79 Å². The van der Waals surface area contributed by atoms with E-state index in [2.05, 4.69) is 29.3 Å². The van der Waals surface area contributed by atoms with Crippen LogP contribution < -0.4 is 19.7 Å². The zero-order chi connectivity index (χ0) is 19.8. The molecule has 0 aromatic heterocycles. The Labute approximate surface area is 167 Å². The third-order valence-corrected chi connectivity index (χ3v) is 4.82. The normalized spacial score (nSPS) is 13.9. The summed E-state index contributed by atoms with van der Waals surface area (Å²) in [6.45, 7) is 6.34. The molecule has 2 amide bonds. The predicted octanol–water partition coefficient (Wildman–Crippen LogP) is 3.52. The van der Waals surface area contributed by atoms with Gasteiger partial charge in [0, 0.05) is 38.4 Å². The van der Waals surface area contributed by atoms with E-state index in [4.69, 9.17) is 9.47 Å². The lowest BCUT2D eigenvalue weighted by atomic mass is 10.2. The first kappa shape index (κ1) is 19.9. The average Bonchev–Trinajstić information content (AvgIpc) is 2.76. The highest BCUT2D eigenvalue weighted by Gasteiger charge is 2.21. The van der Waals surface area contributed by atoms with Gasteiger partial charge in [0.05, 0.1) is 13.7 Å². The van der Waals surface area contributed by atoms with Gasteiger partial charge >= 0.3 is 6.03 Å². The molecule has 2 aromatic carbocycles. The minimum atomic E-state index is -0.0192. The van der Waals surface area contributed by atoms with Crippen LogP contribution in [-0.2, 0) is 6.54 Å². The van der Waals surface area contributed by atoms with Crippen molar-refractivity contribution in [1.29, 1.82) is 0 Å². The van der Waals surface area contributed by atoms with Crippen LogP contribution in [0.25, 0.3) is 0 Å². The van der Waals surface area contributed by atoms with Crippen molar-refractivity contribution in [3.8, 4) is 11.5 Å². The molecule has 0 bridgehead atoms. The van der Waals surface area contributed by atoms with Crippen LogP contribution in [0.4, 0.5) is 10.5 Å². The van der Waals surface area contributed by atoms with Gasteiger partial charge in [0.25, 0.3) is 0 Å². The van der Waals surface area contributed by atoms with Crippen molar-refractivity contribution in [3.05, 3.63) is 54.1 Å². The Morgan fingerprint density at radius 3 is 2.46 bits per heavy atom. The van der Waals surface area contributed by atoms with Crippen molar-refractivity contribution in [2.45, 2.75) is 19.9 Å². The van der Waals surface area contributed by atoms with E-state index in [0.29, 0.717) is 26.2 Å². The highest BCUT2D eigenvalue weighted by Crippen LogP contribution is 2.20. The Morgan fingerprint density at radius 2 is 1.79 bits per heavy atom. The first-order chi connectivity index (χ1) is 13.7. The fraction of sp³-hybridized carbons (Fsp3) is 0.409. The number of urea groups is 1.